The molecule has 0 unspecified atom stereocenters. The van der Waals surface area contributed by atoms with Crippen LogP contribution in [0.4, 0.5) is 5.82 Å². The predicted octanol–water partition coefficient (Wildman–Crippen LogP) is 2.80. The van der Waals surface area contributed by atoms with E-state index in [1.165, 1.54) is 0 Å². The van der Waals surface area contributed by atoms with E-state index in [4.69, 9.17) is 4.98 Å². The quantitative estimate of drug-likeness (QED) is 0.925. The first kappa shape index (κ1) is 12.9. The van der Waals surface area contributed by atoms with Crippen LogP contribution in [0.3, 0.4) is 0 Å². The van der Waals surface area contributed by atoms with Crippen LogP contribution in [0, 0.1) is 0 Å². The van der Waals surface area contributed by atoms with E-state index >= 15 is 0 Å². The van der Waals surface area contributed by atoms with E-state index in [9.17, 15) is 0 Å². The molecule has 1 fully saturated rings. The van der Waals surface area contributed by atoms with Crippen LogP contribution in [0.2, 0.25) is 0 Å². The Balaban J connectivity index is 1.96. The second-order valence-electron chi connectivity index (χ2n) is 4.91. The third kappa shape index (κ3) is 2.58. The van der Waals surface area contributed by atoms with Crippen LogP contribution in [0.25, 0.3) is 17.3 Å². The van der Waals surface area contributed by atoms with E-state index in [1.807, 2.05) is 18.2 Å². The number of piperazine rings is 1. The molecular formula is C17H19N3. The molecule has 3 nitrogen and oxygen atoms in total. The Morgan fingerprint density at radius 1 is 1.05 bits per heavy atom. The van der Waals surface area contributed by atoms with E-state index in [2.05, 4.69) is 47.1 Å². The van der Waals surface area contributed by atoms with Crippen molar-refractivity contribution >= 4 is 11.9 Å². The van der Waals surface area contributed by atoms with Gasteiger partial charge in [-0.25, -0.2) is 4.98 Å². The van der Waals surface area contributed by atoms with Gasteiger partial charge in [0.1, 0.15) is 5.82 Å². The van der Waals surface area contributed by atoms with Crippen LogP contribution in [0.1, 0.15) is 5.56 Å². The number of pyridine rings is 1. The molecule has 1 N–H and O–H groups in total. The van der Waals surface area contributed by atoms with Crippen LogP contribution in [-0.2, 0) is 0 Å². The van der Waals surface area contributed by atoms with Gasteiger partial charge in [0.05, 0.1) is 5.69 Å². The zero-order valence-electron chi connectivity index (χ0n) is 11.5. The molecule has 2 aromatic rings. The lowest BCUT2D eigenvalue weighted by Gasteiger charge is -2.28. The fraction of sp³-hybridized carbons (Fsp3) is 0.235. The highest BCUT2D eigenvalue weighted by Crippen LogP contribution is 2.25. The second-order valence-corrected chi connectivity index (χ2v) is 4.91. The van der Waals surface area contributed by atoms with Gasteiger partial charge in [0.15, 0.2) is 0 Å². The summed E-state index contributed by atoms with van der Waals surface area (Å²) < 4.78 is 0. The molecule has 102 valence electrons. The lowest BCUT2D eigenvalue weighted by Crippen LogP contribution is -2.43. The maximum Gasteiger partial charge on any atom is 0.129 e. The lowest BCUT2D eigenvalue weighted by molar-refractivity contribution is 0.585. The van der Waals surface area contributed by atoms with Crippen LogP contribution < -0.4 is 10.2 Å². The van der Waals surface area contributed by atoms with E-state index in [0.29, 0.717) is 0 Å². The second kappa shape index (κ2) is 5.88. The number of anilines is 1. The molecule has 3 rings (SSSR count). The van der Waals surface area contributed by atoms with Crippen molar-refractivity contribution in [2.75, 3.05) is 31.1 Å². The fourth-order valence-corrected chi connectivity index (χ4v) is 2.55. The Hall–Kier alpha value is -2.13. The van der Waals surface area contributed by atoms with Crippen molar-refractivity contribution in [3.63, 3.8) is 0 Å². The van der Waals surface area contributed by atoms with Crippen molar-refractivity contribution in [1.29, 1.82) is 0 Å². The predicted molar refractivity (Wildman–Crippen MR) is 84.8 cm³/mol. The van der Waals surface area contributed by atoms with Gasteiger partial charge < -0.3 is 10.2 Å². The molecule has 20 heavy (non-hydrogen) atoms. The highest BCUT2D eigenvalue weighted by Gasteiger charge is 2.12. The standard InChI is InChI=1S/C17H19N3/c1-2-14-6-3-4-7-15(14)16-8-5-9-17(19-16)20-12-10-18-11-13-20/h2-9,18H,1,10-13H2. The number of nitrogens with zero attached hydrogens (tertiary/aromatic N) is 2. The molecule has 0 spiro atoms. The van der Waals surface area contributed by atoms with Gasteiger partial charge in [0, 0.05) is 31.7 Å². The van der Waals surface area contributed by atoms with E-state index in [-0.39, 0.29) is 0 Å². The van der Waals surface area contributed by atoms with Gasteiger partial charge in [-0.05, 0) is 17.7 Å². The third-order valence-electron chi connectivity index (χ3n) is 3.63. The molecule has 0 bridgehead atoms. The topological polar surface area (TPSA) is 28.2 Å². The molecule has 2 heterocycles. The number of benzene rings is 1. The summed E-state index contributed by atoms with van der Waals surface area (Å²) in [5.41, 5.74) is 3.27. The number of aromatic nitrogens is 1. The van der Waals surface area contributed by atoms with Crippen LogP contribution >= 0.6 is 0 Å². The zero-order valence-corrected chi connectivity index (χ0v) is 11.5. The Labute approximate surface area is 120 Å². The normalized spacial score (nSPS) is 15.1. The van der Waals surface area contributed by atoms with Gasteiger partial charge >= 0.3 is 0 Å². The van der Waals surface area contributed by atoms with E-state index < -0.39 is 0 Å². The molecule has 1 aromatic carbocycles. The average molecular weight is 265 g/mol. The molecule has 3 heteroatoms. The maximum atomic E-state index is 4.83. The van der Waals surface area contributed by atoms with Crippen molar-refractivity contribution in [2.24, 2.45) is 0 Å². The minimum atomic E-state index is 1.01. The molecule has 0 amide bonds. The van der Waals surface area contributed by atoms with E-state index in [0.717, 1.165) is 48.8 Å². The first-order valence-corrected chi connectivity index (χ1v) is 7.03. The maximum absolute atomic E-state index is 4.83. The molecular weight excluding hydrogens is 246 g/mol. The molecule has 0 aliphatic carbocycles. The summed E-state index contributed by atoms with van der Waals surface area (Å²) in [5.74, 6) is 1.06. The Morgan fingerprint density at radius 2 is 1.85 bits per heavy atom. The smallest absolute Gasteiger partial charge is 0.129 e. The summed E-state index contributed by atoms with van der Waals surface area (Å²) in [6, 6.07) is 14.5. The minimum Gasteiger partial charge on any atom is -0.354 e. The van der Waals surface area contributed by atoms with Gasteiger partial charge in [-0.15, -0.1) is 0 Å². The van der Waals surface area contributed by atoms with Gasteiger partial charge in [-0.2, -0.15) is 0 Å². The van der Waals surface area contributed by atoms with Crippen LogP contribution in [0.15, 0.2) is 49.0 Å². The largest absolute Gasteiger partial charge is 0.354 e. The number of nitrogens with one attached hydrogen (secondary N) is 1. The third-order valence-corrected chi connectivity index (χ3v) is 3.63. The summed E-state index contributed by atoms with van der Waals surface area (Å²) in [6.07, 6.45) is 1.88. The Bertz CT molecular complexity index is 601. The average Bonchev–Trinajstić information content (AvgIpc) is 2.56. The Morgan fingerprint density at radius 3 is 2.65 bits per heavy atom. The summed E-state index contributed by atoms with van der Waals surface area (Å²) in [4.78, 5) is 7.16. The monoisotopic (exact) mass is 265 g/mol. The first-order valence-electron chi connectivity index (χ1n) is 7.03. The van der Waals surface area contributed by atoms with Gasteiger partial charge in [0.2, 0.25) is 0 Å². The number of hydrogen-bond donors (Lipinski definition) is 1. The SMILES string of the molecule is C=Cc1ccccc1-c1cccc(N2CCNCC2)n1. The number of rotatable bonds is 3. The molecule has 1 aliphatic rings. The van der Waals surface area contributed by atoms with Crippen molar-refractivity contribution in [3.8, 4) is 11.3 Å². The van der Waals surface area contributed by atoms with Crippen LogP contribution in [-0.4, -0.2) is 31.2 Å². The number of hydrogen-bond acceptors (Lipinski definition) is 3. The highest BCUT2D eigenvalue weighted by molar-refractivity contribution is 5.73. The molecule has 0 radical (unpaired) electrons. The molecule has 1 saturated heterocycles. The summed E-state index contributed by atoms with van der Waals surface area (Å²) in [6.45, 7) is 7.96. The Kier molecular flexibility index (Phi) is 3.79. The van der Waals surface area contributed by atoms with Crippen LogP contribution in [0.5, 0.6) is 0 Å². The summed E-state index contributed by atoms with van der Waals surface area (Å²) in [5, 5.41) is 3.37. The van der Waals surface area contributed by atoms with Gasteiger partial charge in [-0.1, -0.05) is 43.0 Å². The lowest BCUT2D eigenvalue weighted by atomic mass is 10.0. The van der Waals surface area contributed by atoms with Crippen molar-refractivity contribution in [3.05, 3.63) is 54.6 Å². The summed E-state index contributed by atoms with van der Waals surface area (Å²) >= 11 is 0. The molecule has 1 aliphatic heterocycles. The first-order chi connectivity index (χ1) is 9.88. The summed E-state index contributed by atoms with van der Waals surface area (Å²) in [7, 11) is 0. The fourth-order valence-electron chi connectivity index (χ4n) is 2.55. The van der Waals surface area contributed by atoms with E-state index in [1.54, 1.807) is 0 Å². The molecule has 0 atom stereocenters. The van der Waals surface area contributed by atoms with Crippen molar-refractivity contribution in [1.82, 2.24) is 10.3 Å². The van der Waals surface area contributed by atoms with Gasteiger partial charge in [0.25, 0.3) is 0 Å². The minimum absolute atomic E-state index is 1.01. The molecule has 1 aromatic heterocycles. The zero-order chi connectivity index (χ0) is 13.8. The van der Waals surface area contributed by atoms with Crippen molar-refractivity contribution in [2.45, 2.75) is 0 Å². The highest BCUT2D eigenvalue weighted by atomic mass is 15.2. The van der Waals surface area contributed by atoms with Gasteiger partial charge in [-0.3, -0.25) is 0 Å². The van der Waals surface area contributed by atoms with Crippen molar-refractivity contribution < 1.29 is 0 Å². The molecule has 0 saturated carbocycles.